The quantitative estimate of drug-likeness (QED) is 0.263. The van der Waals surface area contributed by atoms with E-state index in [4.69, 9.17) is 18.9 Å². The number of amides is 1. The third-order valence-corrected chi connectivity index (χ3v) is 6.38. The van der Waals surface area contributed by atoms with Crippen LogP contribution in [-0.4, -0.2) is 49.7 Å². The predicted molar refractivity (Wildman–Crippen MR) is 148 cm³/mol. The van der Waals surface area contributed by atoms with Crippen molar-refractivity contribution in [3.63, 3.8) is 0 Å². The maximum absolute atomic E-state index is 12.7. The van der Waals surface area contributed by atoms with Crippen molar-refractivity contribution >= 4 is 28.4 Å². The smallest absolute Gasteiger partial charge is 0.230 e. The molecular formula is C29H32N2O5S. The van der Waals surface area contributed by atoms with Gasteiger partial charge >= 0.3 is 0 Å². The van der Waals surface area contributed by atoms with E-state index in [2.05, 4.69) is 10.3 Å². The molecule has 8 heteroatoms. The molecule has 0 spiro atoms. The van der Waals surface area contributed by atoms with Crippen molar-refractivity contribution in [1.29, 1.82) is 0 Å². The molecule has 0 unspecified atom stereocenters. The summed E-state index contributed by atoms with van der Waals surface area (Å²) in [6, 6.07) is 25.0. The highest BCUT2D eigenvalue weighted by atomic mass is 32.2. The molecule has 3 aromatic carbocycles. The molecule has 0 aliphatic carbocycles. The van der Waals surface area contributed by atoms with Crippen molar-refractivity contribution in [2.75, 3.05) is 44.0 Å². The van der Waals surface area contributed by atoms with Gasteiger partial charge in [-0.25, -0.2) is 0 Å². The van der Waals surface area contributed by atoms with Gasteiger partial charge in [0.05, 0.1) is 37.9 Å². The lowest BCUT2D eigenvalue weighted by molar-refractivity contribution is -0.115. The van der Waals surface area contributed by atoms with Crippen molar-refractivity contribution in [3.8, 4) is 17.2 Å². The minimum absolute atomic E-state index is 0.102. The number of rotatable bonds is 15. The third-order valence-electron chi connectivity index (χ3n) is 5.38. The van der Waals surface area contributed by atoms with Crippen LogP contribution in [0.3, 0.4) is 0 Å². The Kier molecular flexibility index (Phi) is 10.7. The molecule has 0 fully saturated rings. The van der Waals surface area contributed by atoms with Crippen LogP contribution in [0, 0.1) is 0 Å². The molecule has 1 aliphatic rings. The number of aliphatic imine (C=N–C) groups is 1. The molecule has 1 aliphatic heterocycles. The van der Waals surface area contributed by atoms with Gasteiger partial charge in [0.25, 0.3) is 0 Å². The summed E-state index contributed by atoms with van der Waals surface area (Å²) in [6.45, 7) is 3.04. The highest BCUT2D eigenvalue weighted by molar-refractivity contribution is 8.14. The Hall–Kier alpha value is -3.49. The van der Waals surface area contributed by atoms with E-state index < -0.39 is 0 Å². The first kappa shape index (κ1) is 26.6. The van der Waals surface area contributed by atoms with Crippen molar-refractivity contribution < 1.29 is 23.7 Å². The minimum atomic E-state index is -0.102. The van der Waals surface area contributed by atoms with E-state index in [0.717, 1.165) is 40.8 Å². The van der Waals surface area contributed by atoms with Crippen LogP contribution < -0.4 is 19.5 Å². The highest BCUT2D eigenvalue weighted by Gasteiger charge is 2.14. The van der Waals surface area contributed by atoms with Gasteiger partial charge in [-0.15, -0.1) is 11.8 Å². The normalized spacial score (nSPS) is 12.6. The van der Waals surface area contributed by atoms with Gasteiger partial charge in [0.15, 0.2) is 0 Å². The number of para-hydroxylation sites is 2. The zero-order valence-corrected chi connectivity index (χ0v) is 21.6. The Balaban J connectivity index is 1.28. The van der Waals surface area contributed by atoms with Crippen LogP contribution in [-0.2, 0) is 16.1 Å². The van der Waals surface area contributed by atoms with Crippen LogP contribution in [0.25, 0.3) is 0 Å². The number of hydrogen-bond donors (Lipinski definition) is 1. The number of thioether (sulfide) groups is 1. The Morgan fingerprint density at radius 3 is 2.16 bits per heavy atom. The van der Waals surface area contributed by atoms with E-state index in [9.17, 15) is 4.79 Å². The molecule has 0 bridgehead atoms. The summed E-state index contributed by atoms with van der Waals surface area (Å²) in [4.78, 5) is 17.1. The number of carbonyl (C=O) groups excluding carboxylic acids is 1. The fraction of sp³-hybridized carbons (Fsp3) is 0.310. The Labute approximate surface area is 222 Å². The van der Waals surface area contributed by atoms with Gasteiger partial charge in [-0.1, -0.05) is 42.5 Å². The van der Waals surface area contributed by atoms with Gasteiger partial charge in [-0.3, -0.25) is 9.79 Å². The number of benzene rings is 3. The van der Waals surface area contributed by atoms with Crippen molar-refractivity contribution in [1.82, 2.24) is 0 Å². The summed E-state index contributed by atoms with van der Waals surface area (Å²) >= 11 is 1.63. The standard InChI is InChI=1S/C29H32N2O5S/c32-28(21-29-30-14-19-37-29)31-27-20-26(35-16-7-15-34-24-8-3-1-4-9-24)13-12-23(27)22-33-17-18-36-25-10-5-2-6-11-25/h1-6,8-13,20H,7,14-19,21-22H2,(H,31,32). The monoisotopic (exact) mass is 520 g/mol. The van der Waals surface area contributed by atoms with Gasteiger partial charge in [-0.2, -0.15) is 0 Å². The van der Waals surface area contributed by atoms with E-state index in [-0.39, 0.29) is 12.3 Å². The Morgan fingerprint density at radius 2 is 1.49 bits per heavy atom. The SMILES string of the molecule is O=C(CC1=NCCS1)Nc1cc(OCCCOc2ccccc2)ccc1COCCOc1ccccc1. The molecule has 0 atom stereocenters. The first-order chi connectivity index (χ1) is 18.3. The number of nitrogens with zero attached hydrogens (tertiary/aromatic N) is 1. The number of nitrogens with one attached hydrogen (secondary N) is 1. The molecule has 0 aromatic heterocycles. The summed E-state index contributed by atoms with van der Waals surface area (Å²) in [6.07, 6.45) is 1.01. The average molecular weight is 521 g/mol. The van der Waals surface area contributed by atoms with Crippen LogP contribution in [0.2, 0.25) is 0 Å². The summed E-state index contributed by atoms with van der Waals surface area (Å²) in [5.41, 5.74) is 1.55. The molecule has 37 heavy (non-hydrogen) atoms. The van der Waals surface area contributed by atoms with Crippen LogP contribution in [0.15, 0.2) is 83.9 Å². The lowest BCUT2D eigenvalue weighted by Gasteiger charge is -2.15. The van der Waals surface area contributed by atoms with E-state index in [0.29, 0.717) is 44.5 Å². The predicted octanol–water partition coefficient (Wildman–Crippen LogP) is 5.60. The number of carbonyl (C=O) groups is 1. The molecular weight excluding hydrogens is 488 g/mol. The molecule has 0 radical (unpaired) electrons. The van der Waals surface area contributed by atoms with Gasteiger partial charge in [0, 0.05) is 36.0 Å². The molecule has 7 nitrogen and oxygen atoms in total. The number of anilines is 1. The van der Waals surface area contributed by atoms with E-state index >= 15 is 0 Å². The largest absolute Gasteiger partial charge is 0.493 e. The fourth-order valence-corrected chi connectivity index (χ4v) is 4.41. The van der Waals surface area contributed by atoms with Crippen molar-refractivity contribution in [3.05, 3.63) is 84.4 Å². The lowest BCUT2D eigenvalue weighted by Crippen LogP contribution is -2.16. The van der Waals surface area contributed by atoms with Gasteiger partial charge in [0.1, 0.15) is 23.9 Å². The molecule has 1 N–H and O–H groups in total. The van der Waals surface area contributed by atoms with E-state index in [1.807, 2.05) is 78.9 Å². The number of hydrogen-bond acceptors (Lipinski definition) is 7. The maximum atomic E-state index is 12.7. The van der Waals surface area contributed by atoms with Gasteiger partial charge in [-0.05, 0) is 30.3 Å². The summed E-state index contributed by atoms with van der Waals surface area (Å²) in [7, 11) is 0. The maximum Gasteiger partial charge on any atom is 0.230 e. The minimum Gasteiger partial charge on any atom is -0.493 e. The number of ether oxygens (including phenoxy) is 4. The summed E-state index contributed by atoms with van der Waals surface area (Å²) in [5, 5.41) is 3.89. The Bertz CT molecular complexity index is 1140. The lowest BCUT2D eigenvalue weighted by atomic mass is 10.1. The van der Waals surface area contributed by atoms with Crippen LogP contribution >= 0.6 is 11.8 Å². The van der Waals surface area contributed by atoms with Crippen LogP contribution in [0.5, 0.6) is 17.2 Å². The Morgan fingerprint density at radius 1 is 0.811 bits per heavy atom. The second kappa shape index (κ2) is 14.9. The van der Waals surface area contributed by atoms with Gasteiger partial charge in [0.2, 0.25) is 5.91 Å². The average Bonchev–Trinajstić information content (AvgIpc) is 3.43. The molecule has 194 valence electrons. The first-order valence-electron chi connectivity index (χ1n) is 12.4. The van der Waals surface area contributed by atoms with E-state index in [1.165, 1.54) is 0 Å². The van der Waals surface area contributed by atoms with Crippen molar-refractivity contribution in [2.45, 2.75) is 19.4 Å². The molecule has 1 heterocycles. The van der Waals surface area contributed by atoms with Crippen LogP contribution in [0.1, 0.15) is 18.4 Å². The third kappa shape index (κ3) is 9.48. The zero-order valence-electron chi connectivity index (χ0n) is 20.8. The molecule has 3 aromatic rings. The van der Waals surface area contributed by atoms with Gasteiger partial charge < -0.3 is 24.3 Å². The molecule has 0 saturated carbocycles. The molecule has 0 saturated heterocycles. The molecule has 4 rings (SSSR count). The van der Waals surface area contributed by atoms with E-state index in [1.54, 1.807) is 11.8 Å². The zero-order chi connectivity index (χ0) is 25.5. The summed E-state index contributed by atoms with van der Waals surface area (Å²) < 4.78 is 23.2. The second-order valence-electron chi connectivity index (χ2n) is 8.25. The first-order valence-corrected chi connectivity index (χ1v) is 13.4. The fourth-order valence-electron chi connectivity index (χ4n) is 3.58. The van der Waals surface area contributed by atoms with Crippen molar-refractivity contribution in [2.24, 2.45) is 4.99 Å². The second-order valence-corrected chi connectivity index (χ2v) is 9.41. The van der Waals surface area contributed by atoms with Crippen LogP contribution in [0.4, 0.5) is 5.69 Å². The topological polar surface area (TPSA) is 78.4 Å². The molecule has 1 amide bonds. The summed E-state index contributed by atoms with van der Waals surface area (Å²) in [5.74, 6) is 3.16. The highest BCUT2D eigenvalue weighted by Crippen LogP contribution is 2.25.